The summed E-state index contributed by atoms with van der Waals surface area (Å²) in [6, 6.07) is 15.4. The van der Waals surface area contributed by atoms with Gasteiger partial charge in [-0.2, -0.15) is 0 Å². The SMILES string of the molecule is COc1cc2occ(-c3ccccc3)c2cc1/C(C)=C/C(=O)Nc1ccon1. The first-order chi connectivity index (χ1) is 13.7. The predicted octanol–water partition coefficient (Wildman–Crippen LogP) is 5.14. The van der Waals surface area contributed by atoms with Gasteiger partial charge in [0.2, 0.25) is 5.91 Å². The number of allylic oxidation sites excluding steroid dienone is 1. The molecule has 0 atom stereocenters. The Labute approximate surface area is 161 Å². The third-order valence-electron chi connectivity index (χ3n) is 4.44. The number of anilines is 1. The highest BCUT2D eigenvalue weighted by Crippen LogP contribution is 2.37. The molecule has 6 heteroatoms. The number of carbonyl (C=O) groups is 1. The van der Waals surface area contributed by atoms with E-state index in [9.17, 15) is 4.79 Å². The molecule has 0 spiro atoms. The molecular weight excluding hydrogens is 356 g/mol. The minimum absolute atomic E-state index is 0.302. The van der Waals surface area contributed by atoms with Crippen LogP contribution in [-0.4, -0.2) is 18.2 Å². The van der Waals surface area contributed by atoms with Gasteiger partial charge in [0, 0.05) is 34.7 Å². The van der Waals surface area contributed by atoms with E-state index in [2.05, 4.69) is 10.5 Å². The molecule has 0 aliphatic rings. The van der Waals surface area contributed by atoms with Crippen molar-refractivity contribution >= 4 is 28.3 Å². The Kier molecular flexibility index (Phi) is 4.68. The Bertz CT molecular complexity index is 1140. The Balaban J connectivity index is 1.74. The topological polar surface area (TPSA) is 77.5 Å². The lowest BCUT2D eigenvalue weighted by Gasteiger charge is -2.10. The van der Waals surface area contributed by atoms with Crippen molar-refractivity contribution in [3.8, 4) is 16.9 Å². The van der Waals surface area contributed by atoms with E-state index < -0.39 is 0 Å². The molecule has 0 saturated heterocycles. The van der Waals surface area contributed by atoms with Gasteiger partial charge in [0.25, 0.3) is 0 Å². The van der Waals surface area contributed by atoms with Gasteiger partial charge in [0.05, 0.1) is 13.4 Å². The number of amides is 1. The molecule has 28 heavy (non-hydrogen) atoms. The fourth-order valence-electron chi connectivity index (χ4n) is 3.09. The van der Waals surface area contributed by atoms with Crippen LogP contribution in [0, 0.1) is 0 Å². The van der Waals surface area contributed by atoms with Gasteiger partial charge in [0.1, 0.15) is 17.6 Å². The van der Waals surface area contributed by atoms with Crippen molar-refractivity contribution in [1.29, 1.82) is 0 Å². The Morgan fingerprint density at radius 3 is 2.71 bits per heavy atom. The van der Waals surface area contributed by atoms with Crippen LogP contribution in [0.1, 0.15) is 12.5 Å². The quantitative estimate of drug-likeness (QED) is 0.490. The molecule has 140 valence electrons. The van der Waals surface area contributed by atoms with Crippen LogP contribution in [0.25, 0.3) is 27.7 Å². The van der Waals surface area contributed by atoms with Crippen molar-refractivity contribution in [1.82, 2.24) is 5.16 Å². The smallest absolute Gasteiger partial charge is 0.249 e. The summed E-state index contributed by atoms with van der Waals surface area (Å²) in [4.78, 5) is 12.3. The standard InChI is InChI=1S/C22H18N2O4/c1-14(10-22(25)23-21-8-9-28-24-21)16-11-17-18(15-6-4-3-5-7-15)13-27-20(17)12-19(16)26-2/h3-13H,1-2H3,(H,23,24,25)/b14-10+. The normalized spacial score (nSPS) is 11.6. The summed E-state index contributed by atoms with van der Waals surface area (Å²) in [5, 5.41) is 7.28. The molecule has 4 rings (SSSR count). The third kappa shape index (κ3) is 3.40. The molecule has 0 aliphatic heterocycles. The van der Waals surface area contributed by atoms with Crippen LogP contribution in [-0.2, 0) is 4.79 Å². The molecule has 2 aromatic carbocycles. The van der Waals surface area contributed by atoms with Gasteiger partial charge in [0.15, 0.2) is 5.82 Å². The maximum atomic E-state index is 12.3. The number of hydrogen-bond donors (Lipinski definition) is 1. The molecule has 1 amide bonds. The lowest BCUT2D eigenvalue weighted by molar-refractivity contribution is -0.111. The molecule has 0 saturated carbocycles. The summed E-state index contributed by atoms with van der Waals surface area (Å²) in [6.07, 6.45) is 4.63. The van der Waals surface area contributed by atoms with Gasteiger partial charge in [-0.05, 0) is 24.1 Å². The minimum atomic E-state index is -0.302. The highest BCUT2D eigenvalue weighted by Gasteiger charge is 2.15. The summed E-state index contributed by atoms with van der Waals surface area (Å²) < 4.78 is 16.0. The lowest BCUT2D eigenvalue weighted by Crippen LogP contribution is -2.08. The van der Waals surface area contributed by atoms with Crippen molar-refractivity contribution in [2.45, 2.75) is 6.92 Å². The first kappa shape index (κ1) is 17.6. The van der Waals surface area contributed by atoms with E-state index in [1.807, 2.05) is 49.4 Å². The van der Waals surface area contributed by atoms with Gasteiger partial charge in [-0.1, -0.05) is 35.5 Å². The highest BCUT2D eigenvalue weighted by atomic mass is 16.5. The second kappa shape index (κ2) is 7.44. The van der Waals surface area contributed by atoms with E-state index in [0.29, 0.717) is 11.6 Å². The number of nitrogens with zero attached hydrogens (tertiary/aromatic N) is 1. The molecule has 6 nitrogen and oxygen atoms in total. The van der Waals surface area contributed by atoms with Gasteiger partial charge < -0.3 is 19.0 Å². The van der Waals surface area contributed by atoms with E-state index in [0.717, 1.165) is 33.2 Å². The van der Waals surface area contributed by atoms with Crippen LogP contribution in [0.3, 0.4) is 0 Å². The number of ether oxygens (including phenoxy) is 1. The van der Waals surface area contributed by atoms with Crippen molar-refractivity contribution < 1.29 is 18.5 Å². The summed E-state index contributed by atoms with van der Waals surface area (Å²) >= 11 is 0. The van der Waals surface area contributed by atoms with E-state index in [1.165, 1.54) is 12.3 Å². The molecule has 4 aromatic rings. The fraction of sp³-hybridized carbons (Fsp3) is 0.0909. The average Bonchev–Trinajstić information content (AvgIpc) is 3.36. The Morgan fingerprint density at radius 2 is 2.00 bits per heavy atom. The highest BCUT2D eigenvalue weighted by molar-refractivity contribution is 6.05. The zero-order valence-electron chi connectivity index (χ0n) is 15.4. The summed E-state index contributed by atoms with van der Waals surface area (Å²) in [5.41, 5.74) is 4.32. The minimum Gasteiger partial charge on any atom is -0.496 e. The lowest BCUT2D eigenvalue weighted by atomic mass is 9.99. The van der Waals surface area contributed by atoms with Crippen LogP contribution in [0.5, 0.6) is 5.75 Å². The van der Waals surface area contributed by atoms with E-state index >= 15 is 0 Å². The largest absolute Gasteiger partial charge is 0.496 e. The number of methoxy groups -OCH3 is 1. The molecule has 0 unspecified atom stereocenters. The number of furan rings is 1. The average molecular weight is 374 g/mol. The molecule has 1 N–H and O–H groups in total. The van der Waals surface area contributed by atoms with E-state index in [-0.39, 0.29) is 5.91 Å². The Hall–Kier alpha value is -3.80. The van der Waals surface area contributed by atoms with Crippen molar-refractivity contribution in [2.75, 3.05) is 12.4 Å². The number of fused-ring (bicyclic) bond motifs is 1. The molecular formula is C22H18N2O4. The van der Waals surface area contributed by atoms with Crippen LogP contribution in [0.2, 0.25) is 0 Å². The second-order valence-electron chi connectivity index (χ2n) is 6.27. The third-order valence-corrected chi connectivity index (χ3v) is 4.44. The first-order valence-corrected chi connectivity index (χ1v) is 8.70. The fourth-order valence-corrected chi connectivity index (χ4v) is 3.09. The number of hydrogen-bond acceptors (Lipinski definition) is 5. The number of nitrogens with one attached hydrogen (secondary N) is 1. The number of carbonyl (C=O) groups excluding carboxylic acids is 1. The molecule has 0 bridgehead atoms. The molecule has 0 aliphatic carbocycles. The first-order valence-electron chi connectivity index (χ1n) is 8.70. The second-order valence-corrected chi connectivity index (χ2v) is 6.27. The van der Waals surface area contributed by atoms with E-state index in [4.69, 9.17) is 13.7 Å². The van der Waals surface area contributed by atoms with Crippen LogP contribution in [0.4, 0.5) is 5.82 Å². The number of aromatic nitrogens is 1. The van der Waals surface area contributed by atoms with E-state index in [1.54, 1.807) is 19.4 Å². The maximum absolute atomic E-state index is 12.3. The maximum Gasteiger partial charge on any atom is 0.249 e. The van der Waals surface area contributed by atoms with Crippen LogP contribution in [0.15, 0.2) is 76.1 Å². The Morgan fingerprint density at radius 1 is 1.18 bits per heavy atom. The summed E-state index contributed by atoms with van der Waals surface area (Å²) in [7, 11) is 1.59. The van der Waals surface area contributed by atoms with Crippen molar-refractivity contribution in [3.05, 3.63) is 72.7 Å². The predicted molar refractivity (Wildman–Crippen MR) is 107 cm³/mol. The molecule has 0 fully saturated rings. The monoisotopic (exact) mass is 374 g/mol. The zero-order valence-corrected chi connectivity index (χ0v) is 15.4. The van der Waals surface area contributed by atoms with Crippen LogP contribution < -0.4 is 10.1 Å². The van der Waals surface area contributed by atoms with Gasteiger partial charge in [-0.3, -0.25) is 4.79 Å². The summed E-state index contributed by atoms with van der Waals surface area (Å²) in [5.74, 6) is 0.686. The molecule has 2 heterocycles. The van der Waals surface area contributed by atoms with Crippen LogP contribution >= 0.6 is 0 Å². The molecule has 2 aromatic heterocycles. The van der Waals surface area contributed by atoms with Gasteiger partial charge in [-0.15, -0.1) is 0 Å². The molecule has 0 radical (unpaired) electrons. The number of benzene rings is 2. The number of rotatable bonds is 5. The van der Waals surface area contributed by atoms with Gasteiger partial charge in [-0.25, -0.2) is 0 Å². The summed E-state index contributed by atoms with van der Waals surface area (Å²) in [6.45, 7) is 1.86. The van der Waals surface area contributed by atoms with Gasteiger partial charge >= 0.3 is 0 Å². The van der Waals surface area contributed by atoms with Crippen molar-refractivity contribution in [3.63, 3.8) is 0 Å². The van der Waals surface area contributed by atoms with Crippen molar-refractivity contribution in [2.24, 2.45) is 0 Å². The zero-order chi connectivity index (χ0) is 19.5.